The minimum Gasteiger partial charge on any atom is -0.378 e. The van der Waals surface area contributed by atoms with Crippen LogP contribution in [0.3, 0.4) is 0 Å². The summed E-state index contributed by atoms with van der Waals surface area (Å²) in [6.07, 6.45) is 3.80. The van der Waals surface area contributed by atoms with Crippen molar-refractivity contribution in [3.8, 4) is 0 Å². The van der Waals surface area contributed by atoms with E-state index in [1.54, 1.807) is 13.8 Å². The van der Waals surface area contributed by atoms with Crippen LogP contribution in [-0.2, 0) is 25.8 Å². The molecule has 1 aliphatic carbocycles. The van der Waals surface area contributed by atoms with Gasteiger partial charge in [0, 0.05) is 31.1 Å². The number of nitrogens with zero attached hydrogens (tertiary/aromatic N) is 1. The quantitative estimate of drug-likeness (QED) is 0.694. The van der Waals surface area contributed by atoms with Crippen molar-refractivity contribution in [3.05, 3.63) is 29.8 Å². The van der Waals surface area contributed by atoms with Crippen LogP contribution in [0.4, 0.5) is 5.69 Å². The van der Waals surface area contributed by atoms with Crippen molar-refractivity contribution in [2.45, 2.75) is 51.2 Å². The Morgan fingerprint density at radius 2 is 1.82 bits per heavy atom. The highest BCUT2D eigenvalue weighted by atomic mass is 32.2. The molecule has 0 radical (unpaired) electrons. The summed E-state index contributed by atoms with van der Waals surface area (Å²) in [5, 5.41) is -0.314. The van der Waals surface area contributed by atoms with Gasteiger partial charge in [-0.2, -0.15) is 0 Å². The summed E-state index contributed by atoms with van der Waals surface area (Å²) in [6, 6.07) is 8.29. The zero-order valence-electron chi connectivity index (χ0n) is 17.1. The Morgan fingerprint density at radius 1 is 1.14 bits per heavy atom. The van der Waals surface area contributed by atoms with E-state index in [0.29, 0.717) is 12.2 Å². The van der Waals surface area contributed by atoms with Crippen molar-refractivity contribution in [3.63, 3.8) is 0 Å². The maximum absolute atomic E-state index is 12.8. The minimum absolute atomic E-state index is 0.0741. The summed E-state index contributed by atoms with van der Waals surface area (Å²) < 4.78 is 29.7. The lowest BCUT2D eigenvalue weighted by molar-refractivity contribution is -0.123. The normalized spacial score (nSPS) is 23.8. The third kappa shape index (κ3) is 5.57. The molecule has 0 atom stereocenters. The second-order valence-electron chi connectivity index (χ2n) is 8.51. The molecule has 156 valence electrons. The molecule has 1 saturated heterocycles. The topological polar surface area (TPSA) is 63.7 Å². The van der Waals surface area contributed by atoms with Crippen LogP contribution in [0.25, 0.3) is 0 Å². The molecule has 0 unspecified atom stereocenters. The molecule has 2 fully saturated rings. The van der Waals surface area contributed by atoms with Crippen molar-refractivity contribution < 1.29 is 17.9 Å². The molecule has 1 heterocycles. The number of rotatable bonds is 7. The Morgan fingerprint density at radius 3 is 2.46 bits per heavy atom. The number of hydrogen-bond donors (Lipinski definition) is 0. The van der Waals surface area contributed by atoms with E-state index in [4.69, 9.17) is 4.74 Å². The summed E-state index contributed by atoms with van der Waals surface area (Å²) in [5.41, 5.74) is 2.23. The van der Waals surface area contributed by atoms with Gasteiger partial charge in [-0.3, -0.25) is 4.79 Å². The van der Waals surface area contributed by atoms with Gasteiger partial charge in [0.25, 0.3) is 0 Å². The van der Waals surface area contributed by atoms with Gasteiger partial charge in [0.1, 0.15) is 5.78 Å². The van der Waals surface area contributed by atoms with Gasteiger partial charge in [-0.1, -0.05) is 12.1 Å². The molecule has 0 N–H and O–H groups in total. The molecule has 0 bridgehead atoms. The van der Waals surface area contributed by atoms with Gasteiger partial charge < -0.3 is 9.64 Å². The summed E-state index contributed by atoms with van der Waals surface area (Å²) >= 11 is 0. The van der Waals surface area contributed by atoms with Gasteiger partial charge in [-0.15, -0.1) is 0 Å². The van der Waals surface area contributed by atoms with Crippen molar-refractivity contribution in [1.82, 2.24) is 0 Å². The van der Waals surface area contributed by atoms with Gasteiger partial charge in [-0.05, 0) is 63.1 Å². The van der Waals surface area contributed by atoms with Gasteiger partial charge >= 0.3 is 0 Å². The monoisotopic (exact) mass is 407 g/mol. The van der Waals surface area contributed by atoms with Crippen LogP contribution in [0.15, 0.2) is 24.3 Å². The van der Waals surface area contributed by atoms with Crippen LogP contribution in [0.2, 0.25) is 0 Å². The molecular weight excluding hydrogens is 374 g/mol. The predicted molar refractivity (Wildman–Crippen MR) is 113 cm³/mol. The number of carbonyl (C=O) groups excluding carboxylic acids is 1. The first-order chi connectivity index (χ1) is 13.3. The average Bonchev–Trinajstić information content (AvgIpc) is 2.69. The van der Waals surface area contributed by atoms with Crippen LogP contribution in [0.5, 0.6) is 0 Å². The largest absolute Gasteiger partial charge is 0.378 e. The maximum atomic E-state index is 12.8. The Balaban J connectivity index is 1.52. The number of ketones is 1. The summed E-state index contributed by atoms with van der Waals surface area (Å²) in [4.78, 5) is 15.1. The minimum atomic E-state index is -3.00. The highest BCUT2D eigenvalue weighted by Gasteiger charge is 2.30. The number of hydrogen-bond acceptors (Lipinski definition) is 5. The zero-order valence-corrected chi connectivity index (χ0v) is 17.9. The van der Waals surface area contributed by atoms with E-state index in [1.807, 2.05) is 12.1 Å². The molecule has 1 aliphatic heterocycles. The van der Waals surface area contributed by atoms with E-state index < -0.39 is 9.84 Å². The molecule has 1 saturated carbocycles. The van der Waals surface area contributed by atoms with Crippen LogP contribution in [0.1, 0.15) is 45.1 Å². The Kier molecular flexibility index (Phi) is 7.15. The molecule has 0 aromatic heterocycles. The molecule has 0 amide bonds. The lowest BCUT2D eigenvalue weighted by Gasteiger charge is -2.29. The highest BCUT2D eigenvalue weighted by molar-refractivity contribution is 7.91. The SMILES string of the molecule is CC(C)S(=O)(=O)CC1CCC(C(=O)Cc2cccc(N3CCOCC3)c2)CC1. The molecule has 2 aliphatic rings. The summed E-state index contributed by atoms with van der Waals surface area (Å²) in [6.45, 7) is 6.77. The van der Waals surface area contributed by atoms with Crippen molar-refractivity contribution in [1.29, 1.82) is 0 Å². The molecule has 1 aromatic carbocycles. The van der Waals surface area contributed by atoms with E-state index in [2.05, 4.69) is 17.0 Å². The van der Waals surface area contributed by atoms with E-state index >= 15 is 0 Å². The number of morpholine rings is 1. The maximum Gasteiger partial charge on any atom is 0.152 e. The van der Waals surface area contributed by atoms with Crippen molar-refractivity contribution in [2.75, 3.05) is 37.0 Å². The first-order valence-corrected chi connectivity index (χ1v) is 12.2. The van der Waals surface area contributed by atoms with Crippen molar-refractivity contribution >= 4 is 21.3 Å². The van der Waals surface area contributed by atoms with Crippen LogP contribution < -0.4 is 4.90 Å². The first-order valence-electron chi connectivity index (χ1n) is 10.5. The molecule has 28 heavy (non-hydrogen) atoms. The molecule has 5 nitrogen and oxygen atoms in total. The second kappa shape index (κ2) is 9.40. The van der Waals surface area contributed by atoms with E-state index in [0.717, 1.165) is 63.2 Å². The molecule has 0 spiro atoms. The summed E-state index contributed by atoms with van der Waals surface area (Å²) in [5.74, 6) is 0.850. The molecule has 1 aromatic rings. The van der Waals surface area contributed by atoms with Crippen LogP contribution >= 0.6 is 0 Å². The van der Waals surface area contributed by atoms with Crippen LogP contribution in [0, 0.1) is 11.8 Å². The first kappa shape index (κ1) is 21.3. The summed E-state index contributed by atoms with van der Waals surface area (Å²) in [7, 11) is -3.00. The van der Waals surface area contributed by atoms with Gasteiger partial charge in [0.15, 0.2) is 9.84 Å². The van der Waals surface area contributed by atoms with E-state index in [1.165, 1.54) is 0 Å². The molecular formula is C22H33NO4S. The van der Waals surface area contributed by atoms with E-state index in [-0.39, 0.29) is 22.8 Å². The Hall–Kier alpha value is -1.40. The van der Waals surface area contributed by atoms with Crippen LogP contribution in [-0.4, -0.2) is 51.5 Å². The number of sulfone groups is 1. The smallest absolute Gasteiger partial charge is 0.152 e. The fourth-order valence-corrected chi connectivity index (χ4v) is 5.58. The molecule has 3 rings (SSSR count). The van der Waals surface area contributed by atoms with Crippen molar-refractivity contribution in [2.24, 2.45) is 11.8 Å². The Bertz CT molecular complexity index is 760. The number of benzene rings is 1. The number of Topliss-reactive ketones (excluding diaryl/α,β-unsaturated/α-hetero) is 1. The lowest BCUT2D eigenvalue weighted by Crippen LogP contribution is -2.36. The van der Waals surface area contributed by atoms with Gasteiger partial charge in [0.05, 0.1) is 24.2 Å². The lowest BCUT2D eigenvalue weighted by atomic mass is 9.79. The second-order valence-corrected chi connectivity index (χ2v) is 11.1. The number of anilines is 1. The zero-order chi connectivity index (χ0) is 20.1. The third-order valence-electron chi connectivity index (χ3n) is 6.15. The fourth-order valence-electron chi connectivity index (χ4n) is 4.20. The van der Waals surface area contributed by atoms with E-state index in [9.17, 15) is 13.2 Å². The average molecular weight is 408 g/mol. The number of ether oxygens (including phenoxy) is 1. The van der Waals surface area contributed by atoms with Gasteiger partial charge in [0.2, 0.25) is 0 Å². The molecule has 6 heteroatoms. The Labute approximate surface area is 169 Å². The number of carbonyl (C=O) groups is 1. The standard InChI is InChI=1S/C22H33NO4S/c1-17(2)28(25,26)16-18-6-8-20(9-7-18)22(24)15-19-4-3-5-21(14-19)23-10-12-27-13-11-23/h3-5,14,17-18,20H,6-13,15-16H2,1-2H3. The predicted octanol–water partition coefficient (Wildman–Crippen LogP) is 3.26. The fraction of sp³-hybridized carbons (Fsp3) is 0.682. The third-order valence-corrected chi connectivity index (χ3v) is 8.53. The van der Waals surface area contributed by atoms with Gasteiger partial charge in [-0.25, -0.2) is 8.42 Å². The highest BCUT2D eigenvalue weighted by Crippen LogP contribution is 2.32.